The number of nitrogens with one attached hydrogen (secondary N) is 1. The highest BCUT2D eigenvalue weighted by atomic mass is 35.5. The fraction of sp³-hybridized carbons (Fsp3) is 0.429. The van der Waals surface area contributed by atoms with Crippen LogP contribution in [0.15, 0.2) is 36.7 Å². The standard InChI is InChI=1S/C21H26ClN5/c1-14-7-8-15(2)27(14)19-6-4-5-18(25-19)17-9-11-26(12-10-17)21-16(3)20(22)23-13-24-21/h4-8,13,17-18,25H,9-12H2,1-3H3/t18-/m0/s1. The molecule has 0 aromatic carbocycles. The van der Waals surface area contributed by atoms with Gasteiger partial charge in [-0.2, -0.15) is 0 Å². The third kappa shape index (κ3) is 3.48. The van der Waals surface area contributed by atoms with Gasteiger partial charge >= 0.3 is 0 Å². The highest BCUT2D eigenvalue weighted by Gasteiger charge is 2.28. The summed E-state index contributed by atoms with van der Waals surface area (Å²) in [6.07, 6.45) is 10.5. The zero-order valence-corrected chi connectivity index (χ0v) is 16.9. The van der Waals surface area contributed by atoms with Gasteiger partial charge in [0.1, 0.15) is 23.1 Å². The lowest BCUT2D eigenvalue weighted by Crippen LogP contribution is -2.43. The summed E-state index contributed by atoms with van der Waals surface area (Å²) in [5.74, 6) is 2.75. The van der Waals surface area contributed by atoms with Crippen LogP contribution in [0.5, 0.6) is 0 Å². The Bertz CT molecular complexity index is 870. The summed E-state index contributed by atoms with van der Waals surface area (Å²) < 4.78 is 2.29. The number of rotatable bonds is 3. The summed E-state index contributed by atoms with van der Waals surface area (Å²) in [6, 6.07) is 4.70. The monoisotopic (exact) mass is 383 g/mol. The molecular weight excluding hydrogens is 358 g/mol. The topological polar surface area (TPSA) is 46.0 Å². The molecule has 0 bridgehead atoms. The smallest absolute Gasteiger partial charge is 0.137 e. The van der Waals surface area contributed by atoms with Crippen LogP contribution in [0, 0.1) is 26.7 Å². The summed E-state index contributed by atoms with van der Waals surface area (Å²) in [5, 5.41) is 4.30. The number of hydrogen-bond donors (Lipinski definition) is 1. The number of hydrogen-bond acceptors (Lipinski definition) is 4. The van der Waals surface area contributed by atoms with Crippen LogP contribution in [0.1, 0.15) is 29.8 Å². The first-order valence-electron chi connectivity index (χ1n) is 9.57. The van der Waals surface area contributed by atoms with Crippen molar-refractivity contribution in [2.24, 2.45) is 5.92 Å². The number of aryl methyl sites for hydroxylation is 2. The Labute approximate surface area is 165 Å². The quantitative estimate of drug-likeness (QED) is 0.810. The molecule has 2 aliphatic heterocycles. The third-order valence-corrected chi connectivity index (χ3v) is 6.12. The molecule has 2 aliphatic rings. The summed E-state index contributed by atoms with van der Waals surface area (Å²) in [7, 11) is 0. The van der Waals surface area contributed by atoms with Crippen molar-refractivity contribution < 1.29 is 0 Å². The van der Waals surface area contributed by atoms with Crippen LogP contribution in [-0.4, -0.2) is 33.7 Å². The van der Waals surface area contributed by atoms with Gasteiger partial charge in [0.25, 0.3) is 0 Å². The molecule has 0 aliphatic carbocycles. The van der Waals surface area contributed by atoms with E-state index in [0.717, 1.165) is 37.3 Å². The molecule has 0 saturated carbocycles. The molecule has 2 aromatic rings. The van der Waals surface area contributed by atoms with Crippen molar-refractivity contribution >= 4 is 23.2 Å². The Morgan fingerprint density at radius 2 is 1.78 bits per heavy atom. The maximum absolute atomic E-state index is 6.17. The molecule has 142 valence electrons. The number of anilines is 1. The molecule has 0 amide bonds. The van der Waals surface area contributed by atoms with E-state index in [2.05, 4.69) is 69.0 Å². The molecule has 0 radical (unpaired) electrons. The minimum Gasteiger partial charge on any atom is -0.365 e. The normalized spacial score (nSPS) is 20.5. The maximum atomic E-state index is 6.17. The second-order valence-electron chi connectivity index (χ2n) is 7.50. The Morgan fingerprint density at radius 3 is 2.48 bits per heavy atom. The van der Waals surface area contributed by atoms with Crippen LogP contribution in [0.4, 0.5) is 5.82 Å². The lowest BCUT2D eigenvalue weighted by atomic mass is 9.88. The van der Waals surface area contributed by atoms with Gasteiger partial charge in [0.2, 0.25) is 0 Å². The second-order valence-corrected chi connectivity index (χ2v) is 7.85. The number of piperidine rings is 1. The highest BCUT2D eigenvalue weighted by molar-refractivity contribution is 6.30. The molecule has 2 aromatic heterocycles. The Hall–Kier alpha value is -2.27. The summed E-state index contributed by atoms with van der Waals surface area (Å²) >= 11 is 6.17. The Kier molecular flexibility index (Phi) is 4.96. The largest absolute Gasteiger partial charge is 0.365 e. The van der Waals surface area contributed by atoms with Crippen molar-refractivity contribution in [2.45, 2.75) is 39.7 Å². The van der Waals surface area contributed by atoms with Crippen LogP contribution < -0.4 is 10.2 Å². The molecule has 0 unspecified atom stereocenters. The van der Waals surface area contributed by atoms with E-state index in [1.165, 1.54) is 17.2 Å². The van der Waals surface area contributed by atoms with E-state index < -0.39 is 0 Å². The van der Waals surface area contributed by atoms with Crippen molar-refractivity contribution in [3.05, 3.63) is 58.8 Å². The van der Waals surface area contributed by atoms with E-state index in [1.807, 2.05) is 6.92 Å². The van der Waals surface area contributed by atoms with Gasteiger partial charge in [-0.1, -0.05) is 23.8 Å². The zero-order valence-electron chi connectivity index (χ0n) is 16.1. The minimum absolute atomic E-state index is 0.364. The predicted octanol–water partition coefficient (Wildman–Crippen LogP) is 4.10. The van der Waals surface area contributed by atoms with Crippen molar-refractivity contribution in [3.63, 3.8) is 0 Å². The van der Waals surface area contributed by atoms with E-state index in [1.54, 1.807) is 6.33 Å². The first kappa shape index (κ1) is 18.1. The fourth-order valence-corrected chi connectivity index (χ4v) is 4.33. The van der Waals surface area contributed by atoms with Gasteiger partial charge in [-0.25, -0.2) is 9.97 Å². The molecule has 4 heterocycles. The first-order valence-corrected chi connectivity index (χ1v) is 9.95. The highest BCUT2D eigenvalue weighted by Crippen LogP contribution is 2.30. The second kappa shape index (κ2) is 7.39. The Morgan fingerprint density at radius 1 is 1.07 bits per heavy atom. The molecule has 1 fully saturated rings. The van der Waals surface area contributed by atoms with Crippen LogP contribution in [0.25, 0.3) is 5.82 Å². The summed E-state index contributed by atoms with van der Waals surface area (Å²) in [5.41, 5.74) is 3.48. The average molecular weight is 384 g/mol. The van der Waals surface area contributed by atoms with E-state index in [4.69, 9.17) is 11.6 Å². The molecule has 1 atom stereocenters. The molecule has 0 spiro atoms. The van der Waals surface area contributed by atoms with Crippen molar-refractivity contribution in [1.29, 1.82) is 0 Å². The van der Waals surface area contributed by atoms with Gasteiger partial charge in [0.15, 0.2) is 0 Å². The van der Waals surface area contributed by atoms with Crippen LogP contribution in [-0.2, 0) is 0 Å². The molecule has 27 heavy (non-hydrogen) atoms. The number of halogens is 1. The molecule has 4 rings (SSSR count). The maximum Gasteiger partial charge on any atom is 0.137 e. The molecule has 1 saturated heterocycles. The van der Waals surface area contributed by atoms with E-state index in [0.29, 0.717) is 17.1 Å². The number of dihydropyridines is 1. The van der Waals surface area contributed by atoms with Gasteiger partial charge in [0.05, 0.1) is 0 Å². The molecular formula is C21H26ClN5. The minimum atomic E-state index is 0.364. The van der Waals surface area contributed by atoms with Crippen LogP contribution in [0.2, 0.25) is 5.15 Å². The lowest BCUT2D eigenvalue weighted by Gasteiger charge is -2.38. The van der Waals surface area contributed by atoms with Crippen molar-refractivity contribution in [2.75, 3.05) is 18.0 Å². The summed E-state index contributed by atoms with van der Waals surface area (Å²) in [6.45, 7) is 8.28. The SMILES string of the molecule is Cc1c(Cl)ncnc1N1CCC([C@@H]2C=CC=C(n3c(C)ccc3C)N2)CC1. The van der Waals surface area contributed by atoms with Gasteiger partial charge in [0, 0.05) is 36.1 Å². The van der Waals surface area contributed by atoms with Gasteiger partial charge in [-0.05, 0) is 57.7 Å². The number of nitrogens with zero attached hydrogens (tertiary/aromatic N) is 4. The zero-order chi connectivity index (χ0) is 19.0. The molecule has 1 N–H and O–H groups in total. The summed E-state index contributed by atoms with van der Waals surface area (Å²) in [4.78, 5) is 10.9. The molecule has 6 heteroatoms. The lowest BCUT2D eigenvalue weighted by molar-refractivity contribution is 0.349. The number of allylic oxidation sites excluding steroid dienone is 2. The van der Waals surface area contributed by atoms with Gasteiger partial charge in [-0.3, -0.25) is 0 Å². The van der Waals surface area contributed by atoms with Crippen molar-refractivity contribution in [3.8, 4) is 0 Å². The van der Waals surface area contributed by atoms with Crippen LogP contribution in [0.3, 0.4) is 0 Å². The van der Waals surface area contributed by atoms with Crippen LogP contribution >= 0.6 is 11.6 Å². The molecule has 5 nitrogen and oxygen atoms in total. The number of aromatic nitrogens is 3. The fourth-order valence-electron chi connectivity index (χ4n) is 4.21. The van der Waals surface area contributed by atoms with Gasteiger partial charge < -0.3 is 14.8 Å². The average Bonchev–Trinajstić information content (AvgIpc) is 3.02. The predicted molar refractivity (Wildman–Crippen MR) is 111 cm³/mol. The third-order valence-electron chi connectivity index (χ3n) is 5.74. The van der Waals surface area contributed by atoms with Crippen molar-refractivity contribution in [1.82, 2.24) is 19.9 Å². The Balaban J connectivity index is 1.43. The van der Waals surface area contributed by atoms with E-state index in [9.17, 15) is 0 Å². The van der Waals surface area contributed by atoms with E-state index in [-0.39, 0.29) is 0 Å². The van der Waals surface area contributed by atoms with E-state index >= 15 is 0 Å². The first-order chi connectivity index (χ1) is 13.0. The van der Waals surface area contributed by atoms with Gasteiger partial charge in [-0.15, -0.1) is 0 Å².